The quantitative estimate of drug-likeness (QED) is 0.172. The minimum absolute atomic E-state index is 0.00889. The number of aromatic hydroxyl groups is 1. The van der Waals surface area contributed by atoms with Crippen LogP contribution in [0.3, 0.4) is 0 Å². The zero-order valence-electron chi connectivity index (χ0n) is 25.2. The Morgan fingerprint density at radius 1 is 1.02 bits per heavy atom. The van der Waals surface area contributed by atoms with E-state index >= 15 is 4.39 Å². The Labute approximate surface area is 260 Å². The molecule has 5 heterocycles. The van der Waals surface area contributed by atoms with Crippen molar-refractivity contribution in [2.45, 2.75) is 57.4 Å². The number of aromatic nitrogens is 4. The topological polar surface area (TPSA) is 93.5 Å². The molecule has 0 unspecified atom stereocenters. The van der Waals surface area contributed by atoms with Gasteiger partial charge >= 0.3 is 6.01 Å². The zero-order chi connectivity index (χ0) is 31.0. The fourth-order valence-electron chi connectivity index (χ4n) is 7.06. The van der Waals surface area contributed by atoms with Crippen molar-refractivity contribution >= 4 is 21.7 Å². The second kappa shape index (κ2) is 12.2. The number of hydrogen-bond donors (Lipinski definition) is 1. The minimum atomic E-state index is -0.723. The fourth-order valence-corrected chi connectivity index (χ4v) is 7.06. The monoisotopic (exact) mass is 611 g/mol. The van der Waals surface area contributed by atoms with Crippen LogP contribution in [0.5, 0.6) is 17.6 Å². The summed E-state index contributed by atoms with van der Waals surface area (Å²) in [6, 6.07) is 9.83. The number of pyridine rings is 2. The molecule has 0 atom stereocenters. The summed E-state index contributed by atoms with van der Waals surface area (Å²) in [5.41, 5.74) is 1.69. The molecule has 0 bridgehead atoms. The second-order valence-corrected chi connectivity index (χ2v) is 12.0. The van der Waals surface area contributed by atoms with Crippen LogP contribution in [0.4, 0.5) is 8.78 Å². The number of hydrogen-bond acceptors (Lipinski definition) is 8. The molecule has 0 amide bonds. The number of halogens is 2. The van der Waals surface area contributed by atoms with E-state index in [-0.39, 0.29) is 40.0 Å². The van der Waals surface area contributed by atoms with E-state index in [2.05, 4.69) is 24.8 Å². The van der Waals surface area contributed by atoms with Crippen molar-refractivity contribution < 1.29 is 23.4 Å². The van der Waals surface area contributed by atoms with Crippen LogP contribution >= 0.6 is 0 Å². The summed E-state index contributed by atoms with van der Waals surface area (Å²) in [7, 11) is 0. The molecule has 3 aromatic heterocycles. The minimum Gasteiger partial charge on any atom is -0.508 e. The highest BCUT2D eigenvalue weighted by Gasteiger charge is 2.45. The number of phenolic OH excluding ortho intramolecular Hbond substituents is 1. The number of benzene rings is 2. The van der Waals surface area contributed by atoms with Gasteiger partial charge in [-0.25, -0.2) is 8.78 Å². The first kappa shape index (κ1) is 29.3. The summed E-state index contributed by atoms with van der Waals surface area (Å²) in [6.45, 7) is 4.68. The lowest BCUT2D eigenvalue weighted by molar-refractivity contribution is 0.107. The fraction of sp³-hybridized carbons (Fsp3) is 0.371. The first-order valence-electron chi connectivity index (χ1n) is 15.7. The summed E-state index contributed by atoms with van der Waals surface area (Å²) in [5, 5.41) is 11.9. The predicted octanol–water partition coefficient (Wildman–Crippen LogP) is 6.81. The molecule has 2 saturated heterocycles. The van der Waals surface area contributed by atoms with E-state index in [0.717, 1.165) is 50.8 Å². The molecule has 0 saturated carbocycles. The molecule has 1 N–H and O–H groups in total. The van der Waals surface area contributed by atoms with Crippen molar-refractivity contribution in [1.82, 2.24) is 24.8 Å². The summed E-state index contributed by atoms with van der Waals surface area (Å²) < 4.78 is 43.9. The highest BCUT2D eigenvalue weighted by atomic mass is 19.1. The van der Waals surface area contributed by atoms with E-state index in [4.69, 9.17) is 9.47 Å². The maximum atomic E-state index is 16.6. The lowest BCUT2D eigenvalue weighted by atomic mass is 9.94. The van der Waals surface area contributed by atoms with Gasteiger partial charge in [-0.3, -0.25) is 14.9 Å². The average molecular weight is 612 g/mol. The van der Waals surface area contributed by atoms with Crippen molar-refractivity contribution in [3.63, 3.8) is 0 Å². The molecule has 7 rings (SSSR count). The predicted molar refractivity (Wildman–Crippen MR) is 168 cm³/mol. The van der Waals surface area contributed by atoms with Gasteiger partial charge < -0.3 is 14.6 Å². The van der Waals surface area contributed by atoms with Crippen LogP contribution in [-0.2, 0) is 12.8 Å². The molecule has 2 aliphatic rings. The van der Waals surface area contributed by atoms with E-state index in [1.54, 1.807) is 12.3 Å². The molecule has 5 aromatic rings. The van der Waals surface area contributed by atoms with Crippen LogP contribution in [0.15, 0.2) is 55.0 Å². The van der Waals surface area contributed by atoms with E-state index in [0.29, 0.717) is 47.8 Å². The standard InChI is InChI=1S/C35H35F2N5O3/c1-2-25-28(36)10-9-23-17-24(43)18-26(29(23)25)31-30(37)32-27(20-39-31)33(44-16-4-8-22-7-3-13-38-19-22)41-34(40-32)45-21-35-11-5-14-42(35)15-6-12-35/h3,7,9-10,13,17-20,43H,2,4-6,8,11-12,14-16,21H2,1H3. The maximum absolute atomic E-state index is 16.6. The number of aryl methyl sites for hydroxylation is 2. The molecule has 232 valence electrons. The van der Waals surface area contributed by atoms with Gasteiger partial charge in [-0.1, -0.05) is 19.1 Å². The third kappa shape index (κ3) is 5.52. The van der Waals surface area contributed by atoms with E-state index < -0.39 is 11.6 Å². The molecular weight excluding hydrogens is 576 g/mol. The number of rotatable bonds is 10. The lowest BCUT2D eigenvalue weighted by Crippen LogP contribution is -2.43. The Kier molecular flexibility index (Phi) is 7.91. The maximum Gasteiger partial charge on any atom is 0.320 e. The van der Waals surface area contributed by atoms with Crippen molar-refractivity contribution in [3.05, 3.63) is 77.8 Å². The number of phenols is 1. The SMILES string of the molecule is CCc1c(F)ccc2cc(O)cc(-c3ncc4c(OCCCc5cccnc5)nc(OCC56CCCN5CCC6)nc4c3F)c12. The first-order chi connectivity index (χ1) is 22.0. The van der Waals surface area contributed by atoms with Gasteiger partial charge in [-0.05, 0) is 104 Å². The van der Waals surface area contributed by atoms with Crippen molar-refractivity contribution in [2.75, 3.05) is 26.3 Å². The molecule has 0 spiro atoms. The largest absolute Gasteiger partial charge is 0.508 e. The molecule has 2 fully saturated rings. The highest BCUT2D eigenvalue weighted by Crippen LogP contribution is 2.41. The smallest absolute Gasteiger partial charge is 0.320 e. The summed E-state index contributed by atoms with van der Waals surface area (Å²) in [6.07, 6.45) is 11.2. The molecule has 0 radical (unpaired) electrons. The molecule has 45 heavy (non-hydrogen) atoms. The Hall–Kier alpha value is -4.44. The van der Waals surface area contributed by atoms with Gasteiger partial charge in [0, 0.05) is 24.2 Å². The van der Waals surface area contributed by atoms with Crippen LogP contribution in [0.2, 0.25) is 0 Å². The van der Waals surface area contributed by atoms with Crippen molar-refractivity contribution in [2.24, 2.45) is 0 Å². The Balaban J connectivity index is 1.28. The number of ether oxygens (including phenoxy) is 2. The molecular formula is C35H35F2N5O3. The number of nitrogens with zero attached hydrogens (tertiary/aromatic N) is 5. The van der Waals surface area contributed by atoms with E-state index in [9.17, 15) is 9.50 Å². The average Bonchev–Trinajstić information content (AvgIpc) is 3.64. The van der Waals surface area contributed by atoms with Crippen LogP contribution in [0.1, 0.15) is 50.2 Å². The molecule has 2 aromatic carbocycles. The Morgan fingerprint density at radius 3 is 2.64 bits per heavy atom. The summed E-state index contributed by atoms with van der Waals surface area (Å²) in [5.74, 6) is -1.01. The van der Waals surface area contributed by atoms with E-state index in [1.807, 2.05) is 25.3 Å². The zero-order valence-corrected chi connectivity index (χ0v) is 25.2. The second-order valence-electron chi connectivity index (χ2n) is 12.0. The third-order valence-corrected chi connectivity index (χ3v) is 9.24. The van der Waals surface area contributed by atoms with Crippen LogP contribution in [0.25, 0.3) is 32.9 Å². The van der Waals surface area contributed by atoms with Gasteiger partial charge in [-0.2, -0.15) is 9.97 Å². The van der Waals surface area contributed by atoms with Gasteiger partial charge in [0.25, 0.3) is 0 Å². The normalized spacial score (nSPS) is 16.0. The van der Waals surface area contributed by atoms with E-state index in [1.165, 1.54) is 24.4 Å². The van der Waals surface area contributed by atoms with Crippen molar-refractivity contribution in [3.8, 4) is 28.9 Å². The van der Waals surface area contributed by atoms with Gasteiger partial charge in [0.1, 0.15) is 29.4 Å². The Bertz CT molecular complexity index is 1860. The number of fused-ring (bicyclic) bond motifs is 3. The van der Waals surface area contributed by atoms with Crippen LogP contribution < -0.4 is 9.47 Å². The molecule has 10 heteroatoms. The third-order valence-electron chi connectivity index (χ3n) is 9.24. The molecule has 8 nitrogen and oxygen atoms in total. The molecule has 2 aliphatic heterocycles. The first-order valence-corrected chi connectivity index (χ1v) is 15.7. The van der Waals surface area contributed by atoms with Crippen LogP contribution in [0, 0.1) is 11.6 Å². The summed E-state index contributed by atoms with van der Waals surface area (Å²) in [4.78, 5) is 20.2. The highest BCUT2D eigenvalue weighted by molar-refractivity contribution is 6.01. The lowest BCUT2D eigenvalue weighted by Gasteiger charge is -2.31. The Morgan fingerprint density at radius 2 is 1.87 bits per heavy atom. The molecule has 0 aliphatic carbocycles. The van der Waals surface area contributed by atoms with Gasteiger partial charge in [0.05, 0.1) is 17.5 Å². The van der Waals surface area contributed by atoms with Gasteiger partial charge in [-0.15, -0.1) is 0 Å². The van der Waals surface area contributed by atoms with Gasteiger partial charge in [0.2, 0.25) is 5.88 Å². The summed E-state index contributed by atoms with van der Waals surface area (Å²) >= 11 is 0. The van der Waals surface area contributed by atoms with Crippen molar-refractivity contribution in [1.29, 1.82) is 0 Å². The van der Waals surface area contributed by atoms with Gasteiger partial charge in [0.15, 0.2) is 5.82 Å². The van der Waals surface area contributed by atoms with Crippen LogP contribution in [-0.4, -0.2) is 61.8 Å².